The molecule has 0 spiro atoms. The van der Waals surface area contributed by atoms with Crippen molar-refractivity contribution in [3.05, 3.63) is 46.0 Å². The van der Waals surface area contributed by atoms with Crippen LogP contribution in [0.5, 0.6) is 0 Å². The molecule has 3 aliphatic rings. The van der Waals surface area contributed by atoms with Crippen LogP contribution in [0.25, 0.3) is 33.5 Å². The number of aromatic nitrogens is 12. The van der Waals surface area contributed by atoms with Gasteiger partial charge in [0.25, 0.3) is 17.1 Å². The average Bonchev–Trinajstić information content (AvgIpc) is 4.25. The van der Waals surface area contributed by atoms with Gasteiger partial charge in [0.2, 0.25) is 17.7 Å². The van der Waals surface area contributed by atoms with Gasteiger partial charge < -0.3 is 75.6 Å². The summed E-state index contributed by atoms with van der Waals surface area (Å²) < 4.78 is 107. The Labute approximate surface area is 430 Å². The average molecular weight is 1170 g/mol. The summed E-state index contributed by atoms with van der Waals surface area (Å²) in [5.74, 6) is -3.42. The van der Waals surface area contributed by atoms with Crippen molar-refractivity contribution in [1.29, 1.82) is 0 Å². The first-order valence-electron chi connectivity index (χ1n) is 22.7. The number of nitrogen functional groups attached to an aromatic ring is 3. The molecule has 3 fully saturated rings. The van der Waals surface area contributed by atoms with E-state index >= 15 is 0 Å². The van der Waals surface area contributed by atoms with Gasteiger partial charge in [0.15, 0.2) is 35.2 Å². The monoisotopic (exact) mass is 1170 g/mol. The minimum Gasteiger partial charge on any atom is -0.387 e. The summed E-state index contributed by atoms with van der Waals surface area (Å²) in [5, 5.41) is 33.4. The highest BCUT2D eigenvalue weighted by Gasteiger charge is 2.58. The molecule has 3 aliphatic heterocycles. The largest absolute Gasteiger partial charge is 0.490 e. The number of ether oxygens (including phenoxy) is 4. The van der Waals surface area contributed by atoms with Gasteiger partial charge >= 0.3 is 36.7 Å². The topological polar surface area (TPSA) is 533 Å². The first kappa shape index (κ1) is 56.6. The normalized spacial score (nSPS) is 30.1. The Morgan fingerprint density at radius 1 is 0.714 bits per heavy atom. The highest BCUT2D eigenvalue weighted by molar-refractivity contribution is 7.66. The van der Waals surface area contributed by atoms with Gasteiger partial charge in [-0.1, -0.05) is 18.8 Å². The number of nitrogens with one attached hydrogen (secondary N) is 2. The predicted molar refractivity (Wildman–Crippen MR) is 255 cm³/mol. The quantitative estimate of drug-likeness (QED) is 0.0278. The molecule has 37 nitrogen and oxygen atoms in total. The number of aryl methyl sites for hydroxylation is 1. The minimum absolute atomic E-state index is 0.0138. The van der Waals surface area contributed by atoms with Crippen molar-refractivity contribution in [3.63, 3.8) is 0 Å². The van der Waals surface area contributed by atoms with Crippen molar-refractivity contribution in [2.75, 3.05) is 50.7 Å². The third-order valence-electron chi connectivity index (χ3n) is 12.9. The van der Waals surface area contributed by atoms with E-state index in [2.05, 4.69) is 48.5 Å². The maximum absolute atomic E-state index is 14.6. The second-order valence-electron chi connectivity index (χ2n) is 18.2. The van der Waals surface area contributed by atoms with E-state index in [9.17, 15) is 62.7 Å². The van der Waals surface area contributed by atoms with Crippen molar-refractivity contribution in [2.45, 2.75) is 74.8 Å². The number of hydrogen-bond donors (Lipinski definition) is 12. The fourth-order valence-electron chi connectivity index (χ4n) is 9.55. The molecule has 0 amide bonds. The Hall–Kier alpha value is -5.07. The number of aromatic amines is 2. The minimum atomic E-state index is -6.18. The summed E-state index contributed by atoms with van der Waals surface area (Å²) in [6, 6.07) is 0. The number of nitrogens with zero attached hydrogens (tertiary/aromatic N) is 10. The zero-order valence-electron chi connectivity index (χ0n) is 40.4. The molecule has 6 aromatic heterocycles. The van der Waals surface area contributed by atoms with Crippen LogP contribution in [0, 0.1) is 17.8 Å². The fraction of sp³-hybridized carbons (Fsp3) is 0.583. The fourth-order valence-corrected chi connectivity index (χ4v) is 15.1. The maximum Gasteiger partial charge on any atom is 0.490 e. The lowest BCUT2D eigenvalue weighted by Crippen LogP contribution is -2.45. The zero-order valence-corrected chi connectivity index (χ0v) is 44.0. The second-order valence-corrected chi connectivity index (χ2v) is 24.9. The summed E-state index contributed by atoms with van der Waals surface area (Å²) >= 11 is 0. The number of hydrogen-bond acceptors (Lipinski definition) is 27. The van der Waals surface area contributed by atoms with Gasteiger partial charge in [-0.3, -0.25) is 46.9 Å². The molecule has 15 N–H and O–H groups in total. The molecule has 77 heavy (non-hydrogen) atoms. The van der Waals surface area contributed by atoms with Crippen LogP contribution >= 0.6 is 31.1 Å². The summed E-state index contributed by atoms with van der Waals surface area (Å²) in [6.45, 7) is -0.0752. The van der Waals surface area contributed by atoms with E-state index in [-0.39, 0.29) is 57.8 Å². The highest BCUT2D eigenvalue weighted by Crippen LogP contribution is 2.68. The number of rotatable bonds is 20. The maximum atomic E-state index is 14.6. The van der Waals surface area contributed by atoms with Gasteiger partial charge in [-0.2, -0.15) is 13.6 Å². The molecular weight excluding hydrogens is 1120 g/mol. The van der Waals surface area contributed by atoms with Crippen molar-refractivity contribution in [1.82, 2.24) is 53.6 Å². The number of nitrogens with two attached hydrogens (primary N) is 3. The molecule has 0 aromatic carbocycles. The lowest BCUT2D eigenvalue weighted by atomic mass is 9.90. The van der Waals surface area contributed by atoms with Gasteiger partial charge in [-0.15, -0.1) is 0 Å². The third kappa shape index (κ3) is 11.1. The van der Waals surface area contributed by atoms with E-state index in [0.717, 1.165) is 17.2 Å². The van der Waals surface area contributed by atoms with E-state index in [0.29, 0.717) is 0 Å². The zero-order chi connectivity index (χ0) is 55.8. The van der Waals surface area contributed by atoms with Crippen LogP contribution in [-0.4, -0.2) is 164 Å². The molecule has 6 aromatic rings. The number of H-pyrrole nitrogens is 2. The molecule has 41 heteroatoms. The van der Waals surface area contributed by atoms with Gasteiger partial charge in [-0.05, 0) is 5.92 Å². The number of methoxy groups -OCH3 is 1. The van der Waals surface area contributed by atoms with Gasteiger partial charge in [0.1, 0.15) is 42.5 Å². The number of phosphoric ester groups is 2. The molecule has 0 bridgehead atoms. The number of aliphatic hydroxyl groups is 3. The molecule has 16 atom stereocenters. The van der Waals surface area contributed by atoms with Gasteiger partial charge in [0, 0.05) is 18.9 Å². The van der Waals surface area contributed by atoms with Crippen LogP contribution < -0.4 is 32.9 Å². The first-order valence-corrected chi connectivity index (χ1v) is 28.8. The number of aliphatic hydroxyl groups excluding tert-OH is 3. The molecule has 9 rings (SSSR count). The van der Waals surface area contributed by atoms with E-state index in [1.807, 2.05) is 0 Å². The Morgan fingerprint density at radius 3 is 1.97 bits per heavy atom. The molecule has 9 heterocycles. The standard InChI is InChI=1S/C36H51N15O22P4/c1-13(2)18-25(74(57,58)66-7-16-23(53)24(54)34(70-16)50-11-43-20-28(50)44-35(38)46-30(20)55)17(71-32(18)49-10-42-19-26(37)40-9-41-27(19)49)8-68-76(61,62)73-77(63,64)72-75(59,60)67-6-15-14(5-65-4)22(52)33(69-15)51-12-48(3)21-29(51)45-36(39)47-31(21)56/h9-18,22-25,32-34,52-54H,5-8H2,1-4H3,(H11-,37,38,39,40,41,44,45,46,47,55,56,57,58,59,60,61,62,63,64)/p+1/t14-,15-,16-,17?,18-,22-,23-,24-,25-,32-,33-,34-/m1/s1. The van der Waals surface area contributed by atoms with Crippen molar-refractivity contribution < 1.29 is 98.9 Å². The Balaban J connectivity index is 0.900. The van der Waals surface area contributed by atoms with E-state index in [1.54, 1.807) is 13.8 Å². The molecule has 0 saturated carbocycles. The second kappa shape index (κ2) is 21.2. The van der Waals surface area contributed by atoms with Crippen LogP contribution in [0.15, 0.2) is 34.9 Å². The van der Waals surface area contributed by atoms with Gasteiger partial charge in [-0.25, -0.2) is 38.2 Å². The predicted octanol–water partition coefficient (Wildman–Crippen LogP) is -2.48. The van der Waals surface area contributed by atoms with Crippen LogP contribution in [-0.2, 0) is 66.4 Å². The Morgan fingerprint density at radius 2 is 1.31 bits per heavy atom. The molecular formula is C36H52N15O22P4+. The number of imidazole rings is 3. The smallest absolute Gasteiger partial charge is 0.387 e. The van der Waals surface area contributed by atoms with Crippen molar-refractivity contribution in [2.24, 2.45) is 24.8 Å². The molecule has 0 radical (unpaired) electrons. The number of phosphoric acid groups is 3. The van der Waals surface area contributed by atoms with Gasteiger partial charge in [0.05, 0.1) is 64.0 Å². The summed E-state index contributed by atoms with van der Waals surface area (Å²) in [6.07, 6.45) is -9.05. The SMILES string of the molecule is COC[C@H]1[C@@H](O)[C@H]([n+]2cn(C)c3c(=O)[nH]c(N)nc32)O[C@@H]1COP(=O)(O)OP(=O)(O)OP(=O)(O)OCC1O[C@@H](n2cnc3c(N)ncnc32)[C@H](C(C)C)[C@@H]1P(=O)(O)OC[C@H]1O[C@@H](n2cnc3c(=O)[nH]c(N)nc32)[C@H](O)[C@@H]1O. The van der Waals surface area contributed by atoms with Crippen LogP contribution in [0.1, 0.15) is 32.5 Å². The number of anilines is 3. The molecule has 5 unspecified atom stereocenters. The van der Waals surface area contributed by atoms with E-state index in [4.69, 9.17) is 49.7 Å². The molecule has 0 aliphatic carbocycles. The lowest BCUT2D eigenvalue weighted by molar-refractivity contribution is -0.745. The van der Waals surface area contributed by atoms with Crippen molar-refractivity contribution >= 4 is 82.3 Å². The van der Waals surface area contributed by atoms with E-state index < -0.39 is 141 Å². The van der Waals surface area contributed by atoms with Crippen LogP contribution in [0.3, 0.4) is 0 Å². The third-order valence-corrected chi connectivity index (χ3v) is 19.1. The Kier molecular flexibility index (Phi) is 15.6. The Bertz CT molecular complexity index is 3520. The van der Waals surface area contributed by atoms with Crippen LogP contribution in [0.4, 0.5) is 17.7 Å². The first-order chi connectivity index (χ1) is 36.1. The summed E-state index contributed by atoms with van der Waals surface area (Å²) in [4.78, 5) is 97.8. The van der Waals surface area contributed by atoms with Crippen LogP contribution in [0.2, 0.25) is 0 Å². The molecule has 3 saturated heterocycles. The summed E-state index contributed by atoms with van der Waals surface area (Å²) in [5.41, 5.74) is 14.2. The van der Waals surface area contributed by atoms with E-state index in [1.165, 1.54) is 40.5 Å². The highest BCUT2D eigenvalue weighted by atomic mass is 31.3. The van der Waals surface area contributed by atoms with Crippen molar-refractivity contribution in [3.8, 4) is 0 Å². The number of fused-ring (bicyclic) bond motifs is 3. The molecule has 422 valence electrons. The lowest BCUT2D eigenvalue weighted by Gasteiger charge is -2.31. The summed E-state index contributed by atoms with van der Waals surface area (Å²) in [7, 11) is -20.4.